The zero-order valence-electron chi connectivity index (χ0n) is 12.6. The first-order valence-electron chi connectivity index (χ1n) is 7.80. The Bertz CT molecular complexity index is 390. The molecule has 0 spiro atoms. The van der Waals surface area contributed by atoms with E-state index in [9.17, 15) is 5.11 Å². The third-order valence-corrected chi connectivity index (χ3v) is 4.24. The monoisotopic (exact) mass is 277 g/mol. The summed E-state index contributed by atoms with van der Waals surface area (Å²) < 4.78 is 5.91. The Kier molecular flexibility index (Phi) is 5.86. The topological polar surface area (TPSA) is 41.5 Å². The highest BCUT2D eigenvalue weighted by molar-refractivity contribution is 5.27. The minimum Gasteiger partial charge on any atom is -0.488 e. The molecular weight excluding hydrogens is 250 g/mol. The van der Waals surface area contributed by atoms with Gasteiger partial charge in [-0.25, -0.2) is 0 Å². The lowest BCUT2D eigenvalue weighted by Crippen LogP contribution is -2.34. The Hall–Kier alpha value is -1.06. The van der Waals surface area contributed by atoms with Crippen LogP contribution in [0.1, 0.15) is 44.6 Å². The number of ether oxygens (including phenoxy) is 1. The van der Waals surface area contributed by atoms with E-state index in [1.807, 2.05) is 19.2 Å². The van der Waals surface area contributed by atoms with E-state index in [1.54, 1.807) is 0 Å². The lowest BCUT2D eigenvalue weighted by Gasteiger charge is -2.28. The number of aliphatic hydroxyl groups is 1. The zero-order chi connectivity index (χ0) is 14.4. The van der Waals surface area contributed by atoms with Crippen LogP contribution in [0.25, 0.3) is 0 Å². The minimum absolute atomic E-state index is 0.0288. The fourth-order valence-corrected chi connectivity index (χ4v) is 2.65. The number of aliphatic hydroxyl groups excluding tert-OH is 1. The predicted molar refractivity (Wildman–Crippen MR) is 82.2 cm³/mol. The fourth-order valence-electron chi connectivity index (χ4n) is 2.65. The van der Waals surface area contributed by atoms with Crippen molar-refractivity contribution in [3.63, 3.8) is 0 Å². The van der Waals surface area contributed by atoms with Gasteiger partial charge in [-0.1, -0.05) is 18.6 Å². The van der Waals surface area contributed by atoms with Gasteiger partial charge in [-0.05, 0) is 63.8 Å². The van der Waals surface area contributed by atoms with Crippen LogP contribution in [-0.4, -0.2) is 30.4 Å². The Morgan fingerprint density at radius 3 is 2.60 bits per heavy atom. The molecule has 0 aromatic heterocycles. The Labute approximate surface area is 122 Å². The molecule has 1 fully saturated rings. The lowest BCUT2D eigenvalue weighted by molar-refractivity contribution is 0.00687. The molecule has 3 atom stereocenters. The van der Waals surface area contributed by atoms with Gasteiger partial charge in [-0.3, -0.25) is 0 Å². The van der Waals surface area contributed by atoms with Crippen molar-refractivity contribution in [2.24, 2.45) is 0 Å². The summed E-state index contributed by atoms with van der Waals surface area (Å²) in [5.41, 5.74) is 1.34. The SMILES string of the molecule is CNC(C)CCc1ccc(OC2CCCCC2O)cc1. The average Bonchev–Trinajstić information content (AvgIpc) is 2.48. The third-order valence-electron chi connectivity index (χ3n) is 4.24. The smallest absolute Gasteiger partial charge is 0.124 e. The molecule has 0 amide bonds. The van der Waals surface area contributed by atoms with Crippen molar-refractivity contribution in [1.29, 1.82) is 0 Å². The molecule has 3 nitrogen and oxygen atoms in total. The van der Waals surface area contributed by atoms with E-state index >= 15 is 0 Å². The first kappa shape index (κ1) is 15.3. The van der Waals surface area contributed by atoms with E-state index in [2.05, 4.69) is 24.4 Å². The second kappa shape index (κ2) is 7.65. The van der Waals surface area contributed by atoms with Gasteiger partial charge in [0.05, 0.1) is 6.10 Å². The maximum atomic E-state index is 9.93. The Morgan fingerprint density at radius 1 is 1.25 bits per heavy atom. The molecule has 0 saturated heterocycles. The number of benzene rings is 1. The van der Waals surface area contributed by atoms with Crippen molar-refractivity contribution < 1.29 is 9.84 Å². The van der Waals surface area contributed by atoms with E-state index in [4.69, 9.17) is 4.74 Å². The van der Waals surface area contributed by atoms with Crippen LogP contribution in [-0.2, 0) is 6.42 Å². The van der Waals surface area contributed by atoms with E-state index in [0.717, 1.165) is 44.3 Å². The van der Waals surface area contributed by atoms with Crippen molar-refractivity contribution >= 4 is 0 Å². The van der Waals surface area contributed by atoms with Crippen LogP contribution in [0.2, 0.25) is 0 Å². The normalized spacial score (nSPS) is 24.4. The molecule has 1 aromatic rings. The van der Waals surface area contributed by atoms with Gasteiger partial charge in [-0.15, -0.1) is 0 Å². The molecule has 2 rings (SSSR count). The van der Waals surface area contributed by atoms with E-state index in [0.29, 0.717) is 6.04 Å². The van der Waals surface area contributed by atoms with Crippen LogP contribution in [0.3, 0.4) is 0 Å². The zero-order valence-corrected chi connectivity index (χ0v) is 12.6. The van der Waals surface area contributed by atoms with Gasteiger partial charge in [0.25, 0.3) is 0 Å². The molecule has 1 aromatic carbocycles. The highest BCUT2D eigenvalue weighted by Crippen LogP contribution is 2.24. The Morgan fingerprint density at radius 2 is 1.95 bits per heavy atom. The fraction of sp³-hybridized carbons (Fsp3) is 0.647. The molecule has 1 aliphatic carbocycles. The third kappa shape index (κ3) is 4.50. The molecule has 1 saturated carbocycles. The highest BCUT2D eigenvalue weighted by atomic mass is 16.5. The molecule has 0 bridgehead atoms. The number of hydrogen-bond acceptors (Lipinski definition) is 3. The molecule has 3 heteroatoms. The summed E-state index contributed by atoms with van der Waals surface area (Å²) in [6, 6.07) is 8.87. The standard InChI is InChI=1S/C17H27NO2/c1-13(18-2)7-8-14-9-11-15(12-10-14)20-17-6-4-3-5-16(17)19/h9-13,16-19H,3-8H2,1-2H3. The van der Waals surface area contributed by atoms with Crippen molar-refractivity contribution in [2.45, 2.75) is 63.7 Å². The lowest BCUT2D eigenvalue weighted by atomic mass is 9.95. The van der Waals surface area contributed by atoms with E-state index in [-0.39, 0.29) is 12.2 Å². The minimum atomic E-state index is -0.306. The number of hydrogen-bond donors (Lipinski definition) is 2. The number of rotatable bonds is 6. The summed E-state index contributed by atoms with van der Waals surface area (Å²) in [4.78, 5) is 0. The quantitative estimate of drug-likeness (QED) is 0.840. The van der Waals surface area contributed by atoms with Crippen LogP contribution in [0, 0.1) is 0 Å². The molecule has 0 aliphatic heterocycles. The molecule has 20 heavy (non-hydrogen) atoms. The van der Waals surface area contributed by atoms with E-state index in [1.165, 1.54) is 5.56 Å². The second-order valence-corrected chi connectivity index (χ2v) is 5.88. The summed E-state index contributed by atoms with van der Waals surface area (Å²) in [6.07, 6.45) is 5.98. The first-order chi connectivity index (χ1) is 9.69. The number of nitrogens with one attached hydrogen (secondary N) is 1. The van der Waals surface area contributed by atoms with E-state index < -0.39 is 0 Å². The molecule has 1 aliphatic rings. The van der Waals surface area contributed by atoms with Crippen LogP contribution in [0.5, 0.6) is 5.75 Å². The van der Waals surface area contributed by atoms with Gasteiger partial charge in [0.15, 0.2) is 0 Å². The average molecular weight is 277 g/mol. The number of aryl methyl sites for hydroxylation is 1. The summed E-state index contributed by atoms with van der Waals surface area (Å²) in [6.45, 7) is 2.20. The van der Waals surface area contributed by atoms with Gasteiger partial charge in [0.2, 0.25) is 0 Å². The van der Waals surface area contributed by atoms with Crippen LogP contribution >= 0.6 is 0 Å². The Balaban J connectivity index is 1.84. The molecule has 2 N–H and O–H groups in total. The second-order valence-electron chi connectivity index (χ2n) is 5.88. The van der Waals surface area contributed by atoms with Gasteiger partial charge >= 0.3 is 0 Å². The highest BCUT2D eigenvalue weighted by Gasteiger charge is 2.24. The van der Waals surface area contributed by atoms with Gasteiger partial charge in [-0.2, -0.15) is 0 Å². The first-order valence-corrected chi connectivity index (χ1v) is 7.80. The molecular formula is C17H27NO2. The van der Waals surface area contributed by atoms with Crippen LogP contribution in [0.15, 0.2) is 24.3 Å². The molecule has 0 radical (unpaired) electrons. The summed E-state index contributed by atoms with van der Waals surface area (Å²) >= 11 is 0. The maximum Gasteiger partial charge on any atom is 0.124 e. The van der Waals surface area contributed by atoms with Crippen molar-refractivity contribution in [2.75, 3.05) is 7.05 Å². The summed E-state index contributed by atoms with van der Waals surface area (Å²) in [7, 11) is 2.00. The molecule has 112 valence electrons. The summed E-state index contributed by atoms with van der Waals surface area (Å²) in [5, 5.41) is 13.2. The predicted octanol–water partition coefficient (Wildman–Crippen LogP) is 2.91. The van der Waals surface area contributed by atoms with Gasteiger partial charge < -0.3 is 15.2 Å². The van der Waals surface area contributed by atoms with Crippen molar-refractivity contribution in [1.82, 2.24) is 5.32 Å². The van der Waals surface area contributed by atoms with Crippen LogP contribution < -0.4 is 10.1 Å². The summed E-state index contributed by atoms with van der Waals surface area (Å²) in [5.74, 6) is 0.876. The molecule has 3 unspecified atom stereocenters. The van der Waals surface area contributed by atoms with Gasteiger partial charge in [0.1, 0.15) is 11.9 Å². The van der Waals surface area contributed by atoms with Gasteiger partial charge in [0, 0.05) is 6.04 Å². The largest absolute Gasteiger partial charge is 0.488 e. The van der Waals surface area contributed by atoms with Crippen molar-refractivity contribution in [3.05, 3.63) is 29.8 Å². The van der Waals surface area contributed by atoms with Crippen molar-refractivity contribution in [3.8, 4) is 5.75 Å². The van der Waals surface area contributed by atoms with Crippen LogP contribution in [0.4, 0.5) is 0 Å². The molecule has 0 heterocycles. The maximum absolute atomic E-state index is 9.93.